The van der Waals surface area contributed by atoms with Gasteiger partial charge >= 0.3 is 0 Å². The van der Waals surface area contributed by atoms with Gasteiger partial charge in [0.25, 0.3) is 5.91 Å². The zero-order valence-electron chi connectivity index (χ0n) is 19.3. The van der Waals surface area contributed by atoms with Crippen molar-refractivity contribution in [2.45, 2.75) is 77.7 Å². The summed E-state index contributed by atoms with van der Waals surface area (Å²) in [4.78, 5) is 21.5. The minimum atomic E-state index is 0.0320. The number of anilines is 1. The van der Waals surface area contributed by atoms with Crippen LogP contribution in [0.4, 0.5) is 10.7 Å². The Kier molecular flexibility index (Phi) is 7.51. The van der Waals surface area contributed by atoms with Crippen LogP contribution in [0.3, 0.4) is 0 Å². The highest BCUT2D eigenvalue weighted by atomic mass is 32.1. The fourth-order valence-electron chi connectivity index (χ4n) is 4.94. The Labute approximate surface area is 195 Å². The summed E-state index contributed by atoms with van der Waals surface area (Å²) >= 11 is 1.64. The maximum Gasteiger partial charge on any atom is 0.254 e. The van der Waals surface area contributed by atoms with Crippen LogP contribution in [0.15, 0.2) is 23.2 Å². The van der Waals surface area contributed by atoms with E-state index < -0.39 is 0 Å². The molecule has 0 aliphatic heterocycles. The number of aliphatic imine (C=N–C) groups is 1. The Morgan fingerprint density at radius 2 is 1.91 bits per heavy atom. The summed E-state index contributed by atoms with van der Waals surface area (Å²) < 4.78 is 0. The van der Waals surface area contributed by atoms with Gasteiger partial charge in [0.05, 0.1) is 5.56 Å². The van der Waals surface area contributed by atoms with Crippen molar-refractivity contribution in [3.05, 3.63) is 39.8 Å². The van der Waals surface area contributed by atoms with Gasteiger partial charge in [-0.2, -0.15) is 0 Å². The first-order valence-electron chi connectivity index (χ1n) is 12.2. The minimum Gasteiger partial charge on any atom is -0.507 e. The molecule has 4 rings (SSSR count). The molecule has 2 aliphatic rings. The average molecular weight is 454 g/mol. The number of nitrogens with zero attached hydrogens (tertiary/aromatic N) is 2. The summed E-state index contributed by atoms with van der Waals surface area (Å²) in [7, 11) is 0. The average Bonchev–Trinajstić information content (AvgIpc) is 3.18. The van der Waals surface area contributed by atoms with E-state index in [1.54, 1.807) is 23.6 Å². The van der Waals surface area contributed by atoms with Crippen LogP contribution in [0.5, 0.6) is 5.75 Å². The van der Waals surface area contributed by atoms with Crippen molar-refractivity contribution in [3.8, 4) is 5.75 Å². The summed E-state index contributed by atoms with van der Waals surface area (Å²) in [6, 6.07) is 6.00. The first kappa shape index (κ1) is 22.8. The number of rotatable bonds is 7. The Hall–Kier alpha value is -2.34. The summed E-state index contributed by atoms with van der Waals surface area (Å²) in [6.45, 7) is 6.00. The number of aryl methyl sites for hydroxylation is 1. The van der Waals surface area contributed by atoms with E-state index in [1.807, 2.05) is 12.1 Å². The van der Waals surface area contributed by atoms with E-state index in [-0.39, 0.29) is 17.7 Å². The number of phenolic OH excluding ortho intramolecular Hbond substituents is 1. The molecule has 0 spiro atoms. The Morgan fingerprint density at radius 1 is 1.16 bits per heavy atom. The number of benzene rings is 1. The van der Waals surface area contributed by atoms with E-state index in [4.69, 9.17) is 4.99 Å². The third kappa shape index (κ3) is 5.01. The molecule has 6 heteroatoms. The maximum absolute atomic E-state index is 13.3. The fourth-order valence-corrected chi connectivity index (χ4v) is 6.17. The van der Waals surface area contributed by atoms with Gasteiger partial charge < -0.3 is 15.3 Å². The molecule has 172 valence electrons. The van der Waals surface area contributed by atoms with Crippen LogP contribution in [0.1, 0.15) is 85.2 Å². The molecule has 0 bridgehead atoms. The number of aromatic hydroxyl groups is 1. The highest BCUT2D eigenvalue weighted by Gasteiger charge is 2.27. The molecule has 1 amide bonds. The van der Waals surface area contributed by atoms with Gasteiger partial charge in [-0.1, -0.05) is 19.3 Å². The van der Waals surface area contributed by atoms with Crippen molar-refractivity contribution in [1.29, 1.82) is 0 Å². The zero-order valence-corrected chi connectivity index (χ0v) is 20.1. The van der Waals surface area contributed by atoms with Gasteiger partial charge in [-0.25, -0.2) is 4.99 Å². The number of amides is 1. The van der Waals surface area contributed by atoms with Gasteiger partial charge in [-0.05, 0) is 70.1 Å². The number of nitrogens with one attached hydrogen (secondary N) is 1. The van der Waals surface area contributed by atoms with Crippen molar-refractivity contribution in [2.24, 2.45) is 4.99 Å². The number of hydrogen-bond acceptors (Lipinski definition) is 5. The number of carbonyl (C=O) groups is 1. The molecule has 1 fully saturated rings. The maximum atomic E-state index is 13.3. The van der Waals surface area contributed by atoms with Crippen molar-refractivity contribution in [2.75, 3.05) is 18.0 Å². The Bertz CT molecular complexity index is 972. The fraction of sp³-hybridized carbons (Fsp3) is 0.538. The molecule has 0 unspecified atom stereocenters. The lowest BCUT2D eigenvalue weighted by molar-refractivity contribution is 0.0927. The summed E-state index contributed by atoms with van der Waals surface area (Å²) in [5.41, 5.74) is 3.64. The number of phenols is 1. The van der Waals surface area contributed by atoms with E-state index in [1.165, 1.54) is 36.1 Å². The molecule has 0 saturated heterocycles. The predicted molar refractivity (Wildman–Crippen MR) is 134 cm³/mol. The second kappa shape index (κ2) is 10.5. The van der Waals surface area contributed by atoms with Gasteiger partial charge in [-0.15, -0.1) is 11.3 Å². The van der Waals surface area contributed by atoms with Crippen LogP contribution < -0.4 is 10.2 Å². The van der Waals surface area contributed by atoms with Crippen molar-refractivity contribution < 1.29 is 9.90 Å². The van der Waals surface area contributed by atoms with Crippen LogP contribution in [0, 0.1) is 0 Å². The first-order chi connectivity index (χ1) is 15.6. The molecular formula is C26H35N3O2S. The third-order valence-corrected chi connectivity index (χ3v) is 7.98. The van der Waals surface area contributed by atoms with Crippen LogP contribution in [-0.2, 0) is 12.8 Å². The molecule has 0 atom stereocenters. The van der Waals surface area contributed by atoms with Gasteiger partial charge in [0, 0.05) is 47.5 Å². The van der Waals surface area contributed by atoms with E-state index in [9.17, 15) is 9.90 Å². The molecule has 1 heterocycles. The normalized spacial score (nSPS) is 16.8. The van der Waals surface area contributed by atoms with Crippen molar-refractivity contribution in [1.82, 2.24) is 5.32 Å². The van der Waals surface area contributed by atoms with Crippen LogP contribution in [0.2, 0.25) is 0 Å². The quantitative estimate of drug-likeness (QED) is 0.506. The third-order valence-electron chi connectivity index (χ3n) is 6.78. The lowest BCUT2D eigenvalue weighted by Crippen LogP contribution is -2.36. The second-order valence-electron chi connectivity index (χ2n) is 8.87. The number of fused-ring (bicyclic) bond motifs is 1. The van der Waals surface area contributed by atoms with Gasteiger partial charge in [0.15, 0.2) is 0 Å². The lowest BCUT2D eigenvalue weighted by Gasteiger charge is -2.23. The van der Waals surface area contributed by atoms with Crippen molar-refractivity contribution in [3.63, 3.8) is 0 Å². The zero-order chi connectivity index (χ0) is 22.5. The molecule has 1 aromatic carbocycles. The van der Waals surface area contributed by atoms with Crippen LogP contribution in [-0.4, -0.2) is 36.4 Å². The molecule has 2 N–H and O–H groups in total. The second-order valence-corrected chi connectivity index (χ2v) is 9.96. The lowest BCUT2D eigenvalue weighted by atomic mass is 9.93. The Balaban J connectivity index is 1.60. The molecular weight excluding hydrogens is 418 g/mol. The number of thiophene rings is 1. The van der Waals surface area contributed by atoms with Crippen LogP contribution in [0.25, 0.3) is 0 Å². The monoisotopic (exact) mass is 453 g/mol. The summed E-state index contributed by atoms with van der Waals surface area (Å²) in [5, 5.41) is 14.6. The van der Waals surface area contributed by atoms with E-state index >= 15 is 0 Å². The topological polar surface area (TPSA) is 64.9 Å². The minimum absolute atomic E-state index is 0.0320. The van der Waals surface area contributed by atoms with Crippen LogP contribution >= 0.6 is 11.3 Å². The van der Waals surface area contributed by atoms with Gasteiger partial charge in [-0.3, -0.25) is 4.79 Å². The van der Waals surface area contributed by atoms with Crippen molar-refractivity contribution >= 4 is 34.1 Å². The highest BCUT2D eigenvalue weighted by molar-refractivity contribution is 7.16. The van der Waals surface area contributed by atoms with Gasteiger partial charge in [0.2, 0.25) is 0 Å². The standard InChI is InChI=1S/C26H35N3O2S/c1-3-29(4-2)20-15-14-18(22(30)16-20)17-27-26-24(21-12-8-9-13-23(21)32-26)25(31)28-19-10-6-5-7-11-19/h14-17,19,30H,3-13H2,1-2H3,(H,28,31)/b27-17+. The predicted octanol–water partition coefficient (Wildman–Crippen LogP) is 5.99. The molecule has 32 heavy (non-hydrogen) atoms. The van der Waals surface area contributed by atoms with E-state index in [2.05, 4.69) is 24.1 Å². The Morgan fingerprint density at radius 3 is 2.62 bits per heavy atom. The molecule has 2 aliphatic carbocycles. The van der Waals surface area contributed by atoms with E-state index in [0.29, 0.717) is 5.56 Å². The number of hydrogen-bond donors (Lipinski definition) is 2. The highest BCUT2D eigenvalue weighted by Crippen LogP contribution is 2.40. The molecule has 5 nitrogen and oxygen atoms in total. The number of carbonyl (C=O) groups excluding carboxylic acids is 1. The molecule has 1 saturated carbocycles. The molecule has 2 aromatic rings. The molecule has 0 radical (unpaired) electrons. The largest absolute Gasteiger partial charge is 0.507 e. The van der Waals surface area contributed by atoms with Gasteiger partial charge in [0.1, 0.15) is 10.8 Å². The first-order valence-corrected chi connectivity index (χ1v) is 13.0. The smallest absolute Gasteiger partial charge is 0.254 e. The SMILES string of the molecule is CCN(CC)c1ccc(/C=N/c2sc3c(c2C(=O)NC2CCCCC2)CCCC3)c(O)c1. The summed E-state index contributed by atoms with van der Waals surface area (Å²) in [5.74, 6) is 0.247. The molecule has 1 aromatic heterocycles. The van der Waals surface area contributed by atoms with E-state index in [0.717, 1.165) is 61.4 Å². The summed E-state index contributed by atoms with van der Waals surface area (Å²) in [6.07, 6.45) is 11.8.